The van der Waals surface area contributed by atoms with Crippen LogP contribution in [-0.2, 0) is 12.8 Å². The molecule has 0 aromatic heterocycles. The van der Waals surface area contributed by atoms with Crippen molar-refractivity contribution >= 4 is 6.21 Å². The SMILES string of the molecule is N=CC1CCc2cccc(F)c2C1. The van der Waals surface area contributed by atoms with Crippen molar-refractivity contribution in [3.05, 3.63) is 35.1 Å². The highest BCUT2D eigenvalue weighted by Crippen LogP contribution is 2.26. The molecule has 1 nitrogen and oxygen atoms in total. The van der Waals surface area contributed by atoms with Crippen molar-refractivity contribution in [2.24, 2.45) is 5.92 Å². The number of nitrogens with one attached hydrogen (secondary N) is 1. The molecule has 0 fully saturated rings. The molecule has 1 N–H and O–H groups in total. The maximum absolute atomic E-state index is 13.3. The Morgan fingerprint density at radius 3 is 3.08 bits per heavy atom. The Kier molecular flexibility index (Phi) is 2.13. The first kappa shape index (κ1) is 8.42. The van der Waals surface area contributed by atoms with Gasteiger partial charge < -0.3 is 5.41 Å². The van der Waals surface area contributed by atoms with Crippen molar-refractivity contribution in [3.63, 3.8) is 0 Å². The quantitative estimate of drug-likeness (QED) is 0.637. The van der Waals surface area contributed by atoms with Gasteiger partial charge in [-0.25, -0.2) is 4.39 Å². The Morgan fingerprint density at radius 2 is 2.31 bits per heavy atom. The fourth-order valence-electron chi connectivity index (χ4n) is 1.91. The lowest BCUT2D eigenvalue weighted by atomic mass is 9.84. The standard InChI is InChI=1S/C11H12FN/c12-11-3-1-2-9-5-4-8(7-13)6-10(9)11/h1-3,7-8,13H,4-6H2. The second kappa shape index (κ2) is 3.29. The summed E-state index contributed by atoms with van der Waals surface area (Å²) in [4.78, 5) is 0. The second-order valence-electron chi connectivity index (χ2n) is 3.55. The van der Waals surface area contributed by atoms with Crippen molar-refractivity contribution in [1.29, 1.82) is 5.41 Å². The summed E-state index contributed by atoms with van der Waals surface area (Å²) in [7, 11) is 0. The van der Waals surface area contributed by atoms with Crippen LogP contribution in [0.5, 0.6) is 0 Å². The molecular weight excluding hydrogens is 165 g/mol. The lowest BCUT2D eigenvalue weighted by Crippen LogP contribution is -2.16. The Hall–Kier alpha value is -1.18. The van der Waals surface area contributed by atoms with Gasteiger partial charge in [0.2, 0.25) is 0 Å². The molecule has 1 aliphatic rings. The first-order valence-corrected chi connectivity index (χ1v) is 4.58. The van der Waals surface area contributed by atoms with E-state index in [0.29, 0.717) is 6.42 Å². The van der Waals surface area contributed by atoms with Gasteiger partial charge in [0.05, 0.1) is 0 Å². The van der Waals surface area contributed by atoms with Gasteiger partial charge in [-0.3, -0.25) is 0 Å². The molecule has 1 atom stereocenters. The lowest BCUT2D eigenvalue weighted by Gasteiger charge is -2.21. The maximum atomic E-state index is 13.3. The number of rotatable bonds is 1. The largest absolute Gasteiger partial charge is 0.313 e. The predicted molar refractivity (Wildman–Crippen MR) is 50.7 cm³/mol. The van der Waals surface area contributed by atoms with Crippen molar-refractivity contribution in [2.75, 3.05) is 0 Å². The number of hydrogen-bond donors (Lipinski definition) is 1. The molecule has 0 saturated carbocycles. The molecule has 1 aromatic rings. The van der Waals surface area contributed by atoms with E-state index < -0.39 is 0 Å². The Balaban J connectivity index is 2.37. The fraction of sp³-hybridized carbons (Fsp3) is 0.364. The molecule has 13 heavy (non-hydrogen) atoms. The first-order valence-electron chi connectivity index (χ1n) is 4.58. The van der Waals surface area contributed by atoms with E-state index in [0.717, 1.165) is 24.0 Å². The minimum atomic E-state index is -0.107. The van der Waals surface area contributed by atoms with Crippen molar-refractivity contribution in [2.45, 2.75) is 19.3 Å². The average molecular weight is 177 g/mol. The number of fused-ring (bicyclic) bond motifs is 1. The summed E-state index contributed by atoms with van der Waals surface area (Å²) < 4.78 is 13.3. The van der Waals surface area contributed by atoms with Gasteiger partial charge >= 0.3 is 0 Å². The average Bonchev–Trinajstić information content (AvgIpc) is 2.18. The van der Waals surface area contributed by atoms with E-state index >= 15 is 0 Å². The van der Waals surface area contributed by atoms with Crippen LogP contribution in [0.25, 0.3) is 0 Å². The minimum absolute atomic E-state index is 0.107. The second-order valence-corrected chi connectivity index (χ2v) is 3.55. The third kappa shape index (κ3) is 1.48. The van der Waals surface area contributed by atoms with Gasteiger partial charge in [-0.15, -0.1) is 0 Å². The van der Waals surface area contributed by atoms with E-state index in [1.54, 1.807) is 6.07 Å². The van der Waals surface area contributed by atoms with Gasteiger partial charge in [-0.1, -0.05) is 12.1 Å². The monoisotopic (exact) mass is 177 g/mol. The number of benzene rings is 1. The van der Waals surface area contributed by atoms with Crippen LogP contribution in [-0.4, -0.2) is 6.21 Å². The topological polar surface area (TPSA) is 23.9 Å². The molecule has 0 radical (unpaired) electrons. The van der Waals surface area contributed by atoms with Gasteiger partial charge in [-0.2, -0.15) is 0 Å². The van der Waals surface area contributed by atoms with Gasteiger partial charge in [0.1, 0.15) is 5.82 Å². The fourth-order valence-corrected chi connectivity index (χ4v) is 1.91. The number of aryl methyl sites for hydroxylation is 1. The molecule has 0 amide bonds. The summed E-state index contributed by atoms with van der Waals surface area (Å²) in [5.74, 6) is 0.133. The molecule has 68 valence electrons. The van der Waals surface area contributed by atoms with Gasteiger partial charge in [0.15, 0.2) is 0 Å². The van der Waals surface area contributed by atoms with Crippen molar-refractivity contribution in [1.82, 2.24) is 0 Å². The molecule has 1 aliphatic carbocycles. The Labute approximate surface area is 77.1 Å². The van der Waals surface area contributed by atoms with E-state index in [4.69, 9.17) is 5.41 Å². The van der Waals surface area contributed by atoms with Crippen LogP contribution in [0.4, 0.5) is 4.39 Å². The van der Waals surface area contributed by atoms with E-state index in [9.17, 15) is 4.39 Å². The third-order valence-electron chi connectivity index (χ3n) is 2.70. The van der Waals surface area contributed by atoms with Gasteiger partial charge in [0, 0.05) is 0 Å². The summed E-state index contributed by atoms with van der Waals surface area (Å²) in [5, 5.41) is 7.16. The highest BCUT2D eigenvalue weighted by Gasteiger charge is 2.19. The molecular formula is C11H12FN. The Bertz CT molecular complexity index is 333. The zero-order valence-corrected chi connectivity index (χ0v) is 7.39. The summed E-state index contributed by atoms with van der Waals surface area (Å²) >= 11 is 0. The zero-order valence-electron chi connectivity index (χ0n) is 7.39. The first-order chi connectivity index (χ1) is 6.31. The summed E-state index contributed by atoms with van der Waals surface area (Å²) in [5.41, 5.74) is 1.94. The van der Waals surface area contributed by atoms with E-state index in [-0.39, 0.29) is 11.7 Å². The zero-order chi connectivity index (χ0) is 9.26. The van der Waals surface area contributed by atoms with Crippen LogP contribution in [0.2, 0.25) is 0 Å². The molecule has 0 spiro atoms. The Morgan fingerprint density at radius 1 is 1.46 bits per heavy atom. The molecule has 1 aromatic carbocycles. The lowest BCUT2D eigenvalue weighted by molar-refractivity contribution is 0.540. The van der Waals surface area contributed by atoms with Crippen LogP contribution in [0.15, 0.2) is 18.2 Å². The summed E-state index contributed by atoms with van der Waals surface area (Å²) in [6.45, 7) is 0. The van der Waals surface area contributed by atoms with E-state index in [1.165, 1.54) is 12.3 Å². The summed E-state index contributed by atoms with van der Waals surface area (Å²) in [6, 6.07) is 5.25. The van der Waals surface area contributed by atoms with Crippen LogP contribution < -0.4 is 0 Å². The van der Waals surface area contributed by atoms with E-state index in [2.05, 4.69) is 0 Å². The predicted octanol–water partition coefficient (Wildman–Crippen LogP) is 2.58. The van der Waals surface area contributed by atoms with Crippen molar-refractivity contribution in [3.8, 4) is 0 Å². The van der Waals surface area contributed by atoms with Crippen LogP contribution in [0.3, 0.4) is 0 Å². The third-order valence-corrected chi connectivity index (χ3v) is 2.70. The molecule has 0 saturated heterocycles. The summed E-state index contributed by atoms with van der Waals surface area (Å²) in [6.07, 6.45) is 4.04. The molecule has 1 unspecified atom stereocenters. The molecule has 0 bridgehead atoms. The van der Waals surface area contributed by atoms with Crippen LogP contribution >= 0.6 is 0 Å². The van der Waals surface area contributed by atoms with E-state index in [1.807, 2.05) is 6.07 Å². The van der Waals surface area contributed by atoms with Crippen LogP contribution in [0.1, 0.15) is 17.5 Å². The minimum Gasteiger partial charge on any atom is -0.313 e. The highest BCUT2D eigenvalue weighted by molar-refractivity contribution is 5.58. The smallest absolute Gasteiger partial charge is 0.126 e. The van der Waals surface area contributed by atoms with Crippen LogP contribution in [0, 0.1) is 17.1 Å². The van der Waals surface area contributed by atoms with Crippen molar-refractivity contribution < 1.29 is 4.39 Å². The van der Waals surface area contributed by atoms with Gasteiger partial charge in [-0.05, 0) is 48.6 Å². The molecule has 0 heterocycles. The molecule has 2 rings (SSSR count). The highest BCUT2D eigenvalue weighted by atomic mass is 19.1. The van der Waals surface area contributed by atoms with Gasteiger partial charge in [0.25, 0.3) is 0 Å². The molecule has 0 aliphatic heterocycles. The maximum Gasteiger partial charge on any atom is 0.126 e. The molecule has 2 heteroatoms. The number of hydrogen-bond acceptors (Lipinski definition) is 1. The number of halogens is 1. The normalized spacial score (nSPS) is 20.8.